The zero-order valence-electron chi connectivity index (χ0n) is 18.6. The third-order valence-corrected chi connectivity index (χ3v) is 5.99. The minimum Gasteiger partial charge on any atom is -0.360 e. The minimum atomic E-state index is 0.473. The third-order valence-electron chi connectivity index (χ3n) is 4.83. The molecule has 0 saturated heterocycles. The van der Waals surface area contributed by atoms with Gasteiger partial charge in [-0.25, -0.2) is 4.85 Å². The molecule has 3 aromatic heterocycles. The van der Waals surface area contributed by atoms with Crippen molar-refractivity contribution in [2.45, 2.75) is 34.6 Å². The molecule has 0 radical (unpaired) electrons. The Bertz CT molecular complexity index is 1220. The first-order chi connectivity index (χ1) is 15.3. The Morgan fingerprint density at radius 1 is 0.906 bits per heavy atom. The highest BCUT2D eigenvalue weighted by Crippen LogP contribution is 2.35. The van der Waals surface area contributed by atoms with Crippen molar-refractivity contribution < 1.29 is 0 Å². The van der Waals surface area contributed by atoms with Crippen LogP contribution in [-0.2, 0) is 0 Å². The molecule has 0 aliphatic heterocycles. The van der Waals surface area contributed by atoms with Gasteiger partial charge in [0, 0.05) is 11.9 Å². The van der Waals surface area contributed by atoms with Gasteiger partial charge in [0.2, 0.25) is 5.69 Å². The average Bonchev–Trinajstić information content (AvgIpc) is 3.32. The number of hydrogen-bond acceptors (Lipinski definition) is 1. The van der Waals surface area contributed by atoms with E-state index in [1.165, 1.54) is 16.8 Å². The molecule has 3 heterocycles. The number of aryl methyl sites for hydroxylation is 1. The highest BCUT2D eigenvalue weighted by Gasteiger charge is 2.11. The number of benzene rings is 1. The van der Waals surface area contributed by atoms with E-state index >= 15 is 0 Å². The first-order valence-electron chi connectivity index (χ1n) is 10.1. The first-order valence-corrected chi connectivity index (χ1v) is 11.6. The van der Waals surface area contributed by atoms with Crippen LogP contribution < -0.4 is 0 Å². The second kappa shape index (κ2) is 11.9. The predicted molar refractivity (Wildman–Crippen MR) is 140 cm³/mol. The van der Waals surface area contributed by atoms with E-state index in [-0.39, 0.29) is 0 Å². The highest BCUT2D eigenvalue weighted by molar-refractivity contribution is 9.10. The van der Waals surface area contributed by atoms with Gasteiger partial charge in [-0.15, -0.1) is 0 Å². The standard InChI is InChI=1S/C12H14N2.C11H5BrCl2N2.C2H6/c1-8-9(2)12(14-10(8)3)11-6-4-5-7-13-11;1-15-9-5-10(12)16-11(9)6-2-3-7(13)8(14)4-6;1-2/h4-7,14H,1-3H3;2-5,16H;1-2H3. The molecule has 0 spiro atoms. The SMILES string of the molecule is CC.Cc1[nH]c(-c2ccccn2)c(C)c1C.[C-]#[N+]c1cc(Br)[nH]c1-c1ccc(Cl)c(Cl)c1. The van der Waals surface area contributed by atoms with Crippen LogP contribution in [0.5, 0.6) is 0 Å². The second-order valence-corrected chi connectivity index (χ2v) is 8.38. The van der Waals surface area contributed by atoms with E-state index in [1.807, 2.05) is 44.3 Å². The molecule has 0 aliphatic carbocycles. The predicted octanol–water partition coefficient (Wildman–Crippen LogP) is 9.33. The summed E-state index contributed by atoms with van der Waals surface area (Å²) in [5.74, 6) is 0. The molecule has 0 atom stereocenters. The Kier molecular flexibility index (Phi) is 9.59. The molecule has 0 unspecified atom stereocenters. The van der Waals surface area contributed by atoms with Crippen LogP contribution in [0, 0.1) is 27.3 Å². The van der Waals surface area contributed by atoms with Crippen molar-refractivity contribution in [3.8, 4) is 22.6 Å². The monoisotopic (exact) mass is 530 g/mol. The molecule has 4 rings (SSSR count). The summed E-state index contributed by atoms with van der Waals surface area (Å²) in [6.45, 7) is 17.4. The van der Waals surface area contributed by atoms with E-state index in [4.69, 9.17) is 29.8 Å². The van der Waals surface area contributed by atoms with Gasteiger partial charge < -0.3 is 9.97 Å². The summed E-state index contributed by atoms with van der Waals surface area (Å²) in [5.41, 5.74) is 8.12. The molecular weight excluding hydrogens is 507 g/mol. The molecule has 0 fully saturated rings. The summed E-state index contributed by atoms with van der Waals surface area (Å²) in [7, 11) is 0. The zero-order valence-corrected chi connectivity index (χ0v) is 21.7. The van der Waals surface area contributed by atoms with Gasteiger partial charge in [0.25, 0.3) is 0 Å². The third kappa shape index (κ3) is 6.04. The number of aromatic nitrogens is 3. The number of rotatable bonds is 2. The Morgan fingerprint density at radius 2 is 1.62 bits per heavy atom. The lowest BCUT2D eigenvalue weighted by Gasteiger charge is -2.02. The number of aromatic amines is 2. The molecule has 32 heavy (non-hydrogen) atoms. The second-order valence-electron chi connectivity index (χ2n) is 6.71. The van der Waals surface area contributed by atoms with Crippen LogP contribution >= 0.6 is 39.1 Å². The van der Waals surface area contributed by atoms with Crippen molar-refractivity contribution in [1.29, 1.82) is 0 Å². The maximum atomic E-state index is 7.07. The summed E-state index contributed by atoms with van der Waals surface area (Å²) in [4.78, 5) is 14.2. The smallest absolute Gasteiger partial charge is 0.213 e. The van der Waals surface area contributed by atoms with Gasteiger partial charge in [0.05, 0.1) is 38.3 Å². The van der Waals surface area contributed by atoms with Gasteiger partial charge in [-0.1, -0.05) is 49.2 Å². The van der Waals surface area contributed by atoms with Crippen LogP contribution in [-0.4, -0.2) is 15.0 Å². The van der Waals surface area contributed by atoms with Gasteiger partial charge >= 0.3 is 0 Å². The van der Waals surface area contributed by atoms with Crippen LogP contribution in [0.4, 0.5) is 5.69 Å². The largest absolute Gasteiger partial charge is 0.360 e. The highest BCUT2D eigenvalue weighted by atomic mass is 79.9. The molecule has 2 N–H and O–H groups in total. The van der Waals surface area contributed by atoms with Crippen LogP contribution in [0.3, 0.4) is 0 Å². The number of halogens is 3. The van der Waals surface area contributed by atoms with Crippen molar-refractivity contribution >= 4 is 44.8 Å². The van der Waals surface area contributed by atoms with E-state index < -0.39 is 0 Å². The summed E-state index contributed by atoms with van der Waals surface area (Å²) in [6.07, 6.45) is 1.82. The van der Waals surface area contributed by atoms with Gasteiger partial charge in [-0.3, -0.25) is 4.98 Å². The lowest BCUT2D eigenvalue weighted by atomic mass is 10.1. The fourth-order valence-electron chi connectivity index (χ4n) is 2.98. The number of hydrogen-bond donors (Lipinski definition) is 2. The Labute approximate surface area is 208 Å². The van der Waals surface area contributed by atoms with Crippen molar-refractivity contribution in [2.24, 2.45) is 0 Å². The quantitative estimate of drug-likeness (QED) is 0.248. The molecule has 0 saturated carbocycles. The van der Waals surface area contributed by atoms with Crippen LogP contribution in [0.25, 0.3) is 27.5 Å². The Morgan fingerprint density at radius 3 is 2.16 bits per heavy atom. The molecule has 4 nitrogen and oxygen atoms in total. The molecule has 0 bridgehead atoms. The van der Waals surface area contributed by atoms with E-state index in [1.54, 1.807) is 18.2 Å². The van der Waals surface area contributed by atoms with Crippen molar-refractivity contribution in [2.75, 3.05) is 0 Å². The summed E-state index contributed by atoms with van der Waals surface area (Å²) < 4.78 is 0.763. The van der Waals surface area contributed by atoms with Crippen LogP contribution in [0.15, 0.2) is 53.3 Å². The van der Waals surface area contributed by atoms with Gasteiger partial charge in [-0.05, 0) is 83.7 Å². The number of nitrogens with zero attached hydrogens (tertiary/aromatic N) is 2. The van der Waals surface area contributed by atoms with Crippen LogP contribution in [0.1, 0.15) is 30.7 Å². The molecule has 7 heteroatoms. The molecule has 0 aliphatic rings. The maximum Gasteiger partial charge on any atom is 0.213 e. The van der Waals surface area contributed by atoms with Crippen molar-refractivity contribution in [3.05, 3.63) is 91.5 Å². The summed E-state index contributed by atoms with van der Waals surface area (Å²) >= 11 is 15.1. The minimum absolute atomic E-state index is 0.473. The maximum absolute atomic E-state index is 7.07. The number of nitrogens with one attached hydrogen (secondary N) is 2. The fraction of sp³-hybridized carbons (Fsp3) is 0.200. The fourth-order valence-corrected chi connectivity index (χ4v) is 3.70. The van der Waals surface area contributed by atoms with Crippen molar-refractivity contribution in [1.82, 2.24) is 15.0 Å². The average molecular weight is 532 g/mol. The summed E-state index contributed by atoms with van der Waals surface area (Å²) in [6, 6.07) is 13.0. The molecule has 4 aromatic rings. The molecular formula is C25H25BrCl2N4. The first kappa shape index (κ1) is 25.7. The van der Waals surface area contributed by atoms with Crippen LogP contribution in [0.2, 0.25) is 10.0 Å². The van der Waals surface area contributed by atoms with E-state index in [9.17, 15) is 0 Å². The topological polar surface area (TPSA) is 48.8 Å². The Balaban J connectivity index is 0.000000212. The summed E-state index contributed by atoms with van der Waals surface area (Å²) in [5, 5.41) is 0.973. The van der Waals surface area contributed by atoms with Gasteiger partial charge in [0.15, 0.2) is 0 Å². The molecule has 0 amide bonds. The number of H-pyrrole nitrogens is 2. The van der Waals surface area contributed by atoms with E-state index in [0.717, 1.165) is 27.2 Å². The zero-order chi connectivity index (χ0) is 23.8. The lowest BCUT2D eigenvalue weighted by Crippen LogP contribution is -1.84. The van der Waals surface area contributed by atoms with Gasteiger partial charge in [0.1, 0.15) is 0 Å². The number of pyridine rings is 1. The van der Waals surface area contributed by atoms with E-state index in [2.05, 4.69) is 56.5 Å². The van der Waals surface area contributed by atoms with Gasteiger partial charge in [-0.2, -0.15) is 0 Å². The molecule has 1 aromatic carbocycles. The normalized spacial score (nSPS) is 9.84. The van der Waals surface area contributed by atoms with Crippen molar-refractivity contribution in [3.63, 3.8) is 0 Å². The van der Waals surface area contributed by atoms with E-state index in [0.29, 0.717) is 15.7 Å². The Hall–Kier alpha value is -2.52. The molecule has 166 valence electrons. The lowest BCUT2D eigenvalue weighted by molar-refractivity contribution is 1.21.